The molecule has 1 aliphatic rings. The quantitative estimate of drug-likeness (QED) is 0.862. The number of nitrogen functional groups attached to an aromatic ring is 1. The molecule has 114 valence electrons. The van der Waals surface area contributed by atoms with Crippen LogP contribution < -0.4 is 11.1 Å². The molecule has 1 aliphatic carbocycles. The van der Waals surface area contributed by atoms with Crippen LogP contribution in [0, 0.1) is 11.8 Å². The van der Waals surface area contributed by atoms with Crippen LogP contribution in [0.5, 0.6) is 0 Å². The first-order valence-corrected chi connectivity index (χ1v) is 8.05. The summed E-state index contributed by atoms with van der Waals surface area (Å²) < 4.78 is 1.88. The lowest BCUT2D eigenvalue weighted by Gasteiger charge is -2.26. The fourth-order valence-corrected chi connectivity index (χ4v) is 3.21. The Hall–Kier alpha value is -1.19. The average Bonchev–Trinajstić information content (AvgIpc) is 2.69. The minimum atomic E-state index is 0.372. The topological polar surface area (TPSA) is 55.9 Å². The fourth-order valence-electron chi connectivity index (χ4n) is 3.21. The molecule has 0 radical (unpaired) electrons. The Balaban J connectivity index is 1.85. The van der Waals surface area contributed by atoms with E-state index in [1.54, 1.807) is 0 Å². The zero-order chi connectivity index (χ0) is 14.7. The van der Waals surface area contributed by atoms with Crippen LogP contribution in [-0.4, -0.2) is 16.3 Å². The summed E-state index contributed by atoms with van der Waals surface area (Å²) in [6.07, 6.45) is 6.82. The number of nitrogens with zero attached hydrogens (tertiary/aromatic N) is 2. The van der Waals surface area contributed by atoms with Crippen molar-refractivity contribution >= 4 is 11.5 Å². The van der Waals surface area contributed by atoms with Crippen molar-refractivity contribution in [2.75, 3.05) is 17.6 Å². The average molecular weight is 278 g/mol. The molecule has 0 aliphatic heterocycles. The maximum atomic E-state index is 6.20. The zero-order valence-electron chi connectivity index (χ0n) is 13.4. The third kappa shape index (κ3) is 3.47. The Morgan fingerprint density at radius 1 is 1.30 bits per heavy atom. The summed E-state index contributed by atoms with van der Waals surface area (Å²) in [5.41, 5.74) is 8.02. The number of aromatic nitrogens is 2. The lowest BCUT2D eigenvalue weighted by Crippen LogP contribution is -2.16. The highest BCUT2D eigenvalue weighted by molar-refractivity contribution is 5.65. The molecular weight excluding hydrogens is 248 g/mol. The van der Waals surface area contributed by atoms with Crippen molar-refractivity contribution in [1.29, 1.82) is 0 Å². The van der Waals surface area contributed by atoms with Crippen molar-refractivity contribution in [3.05, 3.63) is 5.69 Å². The maximum Gasteiger partial charge on any atom is 0.147 e. The van der Waals surface area contributed by atoms with Gasteiger partial charge in [0, 0.05) is 13.6 Å². The van der Waals surface area contributed by atoms with Crippen LogP contribution in [0.1, 0.15) is 64.5 Å². The van der Waals surface area contributed by atoms with Gasteiger partial charge in [-0.2, -0.15) is 5.10 Å². The first-order valence-electron chi connectivity index (χ1n) is 8.05. The largest absolute Gasteiger partial charge is 0.394 e. The van der Waals surface area contributed by atoms with Gasteiger partial charge in [-0.05, 0) is 24.2 Å². The van der Waals surface area contributed by atoms with Crippen molar-refractivity contribution < 1.29 is 0 Å². The van der Waals surface area contributed by atoms with Crippen LogP contribution in [0.3, 0.4) is 0 Å². The SMILES string of the molecule is CC1CCC(CCNc2c(N)c(C(C)C)nn2C)CC1. The summed E-state index contributed by atoms with van der Waals surface area (Å²) in [6.45, 7) is 7.63. The third-order valence-electron chi connectivity index (χ3n) is 4.64. The van der Waals surface area contributed by atoms with Gasteiger partial charge in [-0.25, -0.2) is 0 Å². The lowest BCUT2D eigenvalue weighted by atomic mass is 9.81. The lowest BCUT2D eigenvalue weighted by molar-refractivity contribution is 0.282. The maximum absolute atomic E-state index is 6.20. The van der Waals surface area contributed by atoms with E-state index >= 15 is 0 Å². The van der Waals surface area contributed by atoms with Crippen molar-refractivity contribution in [2.24, 2.45) is 18.9 Å². The van der Waals surface area contributed by atoms with Crippen LogP contribution >= 0.6 is 0 Å². The van der Waals surface area contributed by atoms with Gasteiger partial charge in [-0.3, -0.25) is 4.68 Å². The number of rotatable bonds is 5. The number of hydrogen-bond acceptors (Lipinski definition) is 3. The van der Waals surface area contributed by atoms with Crippen LogP contribution in [0.15, 0.2) is 0 Å². The number of anilines is 2. The fraction of sp³-hybridized carbons (Fsp3) is 0.812. The van der Waals surface area contributed by atoms with E-state index < -0.39 is 0 Å². The molecule has 1 aromatic rings. The Morgan fingerprint density at radius 3 is 2.50 bits per heavy atom. The van der Waals surface area contributed by atoms with Gasteiger partial charge in [0.25, 0.3) is 0 Å². The second kappa shape index (κ2) is 6.51. The molecule has 0 saturated heterocycles. The Morgan fingerprint density at radius 2 is 1.95 bits per heavy atom. The van der Waals surface area contributed by atoms with Gasteiger partial charge < -0.3 is 11.1 Å². The highest BCUT2D eigenvalue weighted by Crippen LogP contribution is 2.31. The molecule has 4 heteroatoms. The van der Waals surface area contributed by atoms with Crippen molar-refractivity contribution in [1.82, 2.24) is 9.78 Å². The molecule has 0 spiro atoms. The first-order chi connectivity index (χ1) is 9.49. The van der Waals surface area contributed by atoms with Crippen LogP contribution in [0.25, 0.3) is 0 Å². The van der Waals surface area contributed by atoms with Gasteiger partial charge in [-0.1, -0.05) is 46.5 Å². The van der Waals surface area contributed by atoms with E-state index in [0.717, 1.165) is 35.6 Å². The van der Waals surface area contributed by atoms with E-state index in [-0.39, 0.29) is 0 Å². The van der Waals surface area contributed by atoms with Crippen LogP contribution in [0.2, 0.25) is 0 Å². The minimum Gasteiger partial charge on any atom is -0.394 e. The van der Waals surface area contributed by atoms with Gasteiger partial charge in [0.15, 0.2) is 0 Å². The molecule has 0 unspecified atom stereocenters. The molecule has 0 bridgehead atoms. The van der Waals surface area contributed by atoms with Crippen molar-refractivity contribution in [3.8, 4) is 0 Å². The number of nitrogens with one attached hydrogen (secondary N) is 1. The Labute approximate surface area is 123 Å². The predicted octanol–water partition coefficient (Wildman–Crippen LogP) is 3.75. The molecule has 4 nitrogen and oxygen atoms in total. The molecule has 1 heterocycles. The molecule has 1 fully saturated rings. The van der Waals surface area contributed by atoms with Gasteiger partial charge in [0.05, 0.1) is 11.4 Å². The number of nitrogens with two attached hydrogens (primary N) is 1. The number of aryl methyl sites for hydroxylation is 1. The van der Waals surface area contributed by atoms with E-state index in [9.17, 15) is 0 Å². The Bertz CT molecular complexity index is 428. The summed E-state index contributed by atoms with van der Waals surface area (Å²) >= 11 is 0. The molecule has 0 atom stereocenters. The van der Waals surface area contributed by atoms with Gasteiger partial charge in [-0.15, -0.1) is 0 Å². The van der Waals surface area contributed by atoms with E-state index in [0.29, 0.717) is 5.92 Å². The second-order valence-electron chi connectivity index (χ2n) is 6.77. The summed E-state index contributed by atoms with van der Waals surface area (Å²) in [6, 6.07) is 0. The molecule has 2 rings (SSSR count). The van der Waals surface area contributed by atoms with E-state index in [2.05, 4.69) is 31.2 Å². The molecule has 1 aromatic heterocycles. The van der Waals surface area contributed by atoms with E-state index in [4.69, 9.17) is 5.73 Å². The molecule has 0 amide bonds. The standard InChI is InChI=1S/C16H30N4/c1-11(2)15-14(17)16(20(4)19-15)18-10-9-13-7-5-12(3)6-8-13/h11-13,18H,5-10,17H2,1-4H3. The van der Waals surface area contributed by atoms with E-state index in [1.807, 2.05) is 11.7 Å². The summed E-state index contributed by atoms with van der Waals surface area (Å²) in [5.74, 6) is 3.17. The van der Waals surface area contributed by atoms with Gasteiger partial charge in [0.2, 0.25) is 0 Å². The van der Waals surface area contributed by atoms with Crippen LogP contribution in [-0.2, 0) is 7.05 Å². The highest BCUT2D eigenvalue weighted by atomic mass is 15.3. The highest BCUT2D eigenvalue weighted by Gasteiger charge is 2.19. The predicted molar refractivity (Wildman–Crippen MR) is 85.9 cm³/mol. The van der Waals surface area contributed by atoms with Gasteiger partial charge in [0.1, 0.15) is 5.82 Å². The molecule has 0 aromatic carbocycles. The summed E-state index contributed by atoms with van der Waals surface area (Å²) in [4.78, 5) is 0. The summed E-state index contributed by atoms with van der Waals surface area (Å²) in [7, 11) is 1.97. The molecule has 20 heavy (non-hydrogen) atoms. The van der Waals surface area contributed by atoms with Crippen molar-refractivity contribution in [3.63, 3.8) is 0 Å². The molecule has 1 saturated carbocycles. The van der Waals surface area contributed by atoms with Crippen molar-refractivity contribution in [2.45, 2.75) is 58.8 Å². The van der Waals surface area contributed by atoms with E-state index in [1.165, 1.54) is 32.1 Å². The van der Waals surface area contributed by atoms with Gasteiger partial charge >= 0.3 is 0 Å². The van der Waals surface area contributed by atoms with Crippen LogP contribution in [0.4, 0.5) is 11.5 Å². The second-order valence-corrected chi connectivity index (χ2v) is 6.77. The normalized spacial score (nSPS) is 23.2. The molecular formula is C16H30N4. The minimum absolute atomic E-state index is 0.372. The molecule has 3 N–H and O–H groups in total. The summed E-state index contributed by atoms with van der Waals surface area (Å²) in [5, 5.41) is 8.00. The Kier molecular flexibility index (Phi) is 4.95. The zero-order valence-corrected chi connectivity index (χ0v) is 13.4. The number of hydrogen-bond donors (Lipinski definition) is 2. The third-order valence-corrected chi connectivity index (χ3v) is 4.64. The smallest absolute Gasteiger partial charge is 0.147 e. The monoisotopic (exact) mass is 278 g/mol. The first kappa shape index (κ1) is 15.2.